The Morgan fingerprint density at radius 2 is 1.03 bits per heavy atom. The van der Waals surface area contributed by atoms with E-state index in [0.29, 0.717) is 9.18 Å². The molecule has 0 aliphatic carbocycles. The van der Waals surface area contributed by atoms with Gasteiger partial charge in [-0.3, -0.25) is 4.57 Å². The standard InChI is InChI=1S/C64H65N4O/c1-61(2,3)45-33-44(42-21-14-13-15-22-42)34-48(36-45)68-41-67(68,57-27-18-19-28-58(57)68)47-23-20-24-49(39-47)69-50-29-30-52-51-25-16-17-26-55(51)66(56(52)40-50)59-35-43(31-32-65-59)60-53(63(7,8)9)37-46(62(4,5)6)38-54(60)64(10,11)12/h13-41H,1-12H3/q+1/t67?,68-/m0/s1. The first-order valence-corrected chi connectivity index (χ1v) is 24.6. The van der Waals surface area contributed by atoms with E-state index in [2.05, 4.69) is 258 Å². The highest BCUT2D eigenvalue weighted by molar-refractivity contribution is 6.09. The molecule has 9 aromatic rings. The fourth-order valence-electron chi connectivity index (χ4n) is 10.9. The van der Waals surface area contributed by atoms with Gasteiger partial charge < -0.3 is 4.74 Å². The van der Waals surface area contributed by atoms with E-state index in [9.17, 15) is 0 Å². The van der Waals surface area contributed by atoms with Gasteiger partial charge in [0.25, 0.3) is 0 Å². The van der Waals surface area contributed by atoms with Crippen LogP contribution in [-0.2, 0) is 21.7 Å². The van der Waals surface area contributed by atoms with Crippen LogP contribution in [0.3, 0.4) is 0 Å². The second-order valence-electron chi connectivity index (χ2n) is 23.6. The maximum Gasteiger partial charge on any atom is 0.225 e. The largest absolute Gasteiger partial charge is 0.457 e. The number of benzene rings is 7. The Labute approximate surface area is 409 Å². The van der Waals surface area contributed by atoms with Crippen molar-refractivity contribution in [2.24, 2.45) is 0 Å². The fraction of sp³-hybridized carbons (Fsp3) is 0.250. The average Bonchev–Trinajstić information content (AvgIpc) is 3.81. The molecule has 2 atom stereocenters. The summed E-state index contributed by atoms with van der Waals surface area (Å²) in [4.78, 5) is 5.13. The Balaban J connectivity index is 1.00. The van der Waals surface area contributed by atoms with Gasteiger partial charge in [-0.25, -0.2) is 4.98 Å². The second-order valence-corrected chi connectivity index (χ2v) is 23.6. The Hall–Kier alpha value is -6.79. The minimum atomic E-state index is -0.0851. The molecule has 0 saturated carbocycles. The lowest BCUT2D eigenvalue weighted by atomic mass is 9.71. The van der Waals surface area contributed by atoms with Crippen LogP contribution in [0, 0.1) is 6.67 Å². The van der Waals surface area contributed by atoms with Crippen LogP contribution in [0.25, 0.3) is 49.9 Å². The van der Waals surface area contributed by atoms with Crippen molar-refractivity contribution in [3.05, 3.63) is 199 Å². The number of ether oxygens (including phenoxy) is 1. The van der Waals surface area contributed by atoms with Crippen LogP contribution >= 0.6 is 0 Å². The number of nitrogens with zero attached hydrogens (tertiary/aromatic N) is 4. The van der Waals surface area contributed by atoms with Gasteiger partial charge in [0, 0.05) is 59.4 Å². The summed E-state index contributed by atoms with van der Waals surface area (Å²) < 4.78 is 10.5. The average molecular weight is 906 g/mol. The lowest BCUT2D eigenvalue weighted by molar-refractivity contribution is 0.423. The molecule has 0 radical (unpaired) electrons. The zero-order valence-electron chi connectivity index (χ0n) is 42.4. The first kappa shape index (κ1) is 44.7. The SMILES string of the molecule is CC(C)(C)c1cc(-c2ccccc2)cc([N@+]23[CH-][N+]2(c2cccc(Oc4ccc5c6ccccc6n(-c6cc(-c7c(C(C)(C)C)cc(C(C)(C)C)cc7C(C)(C)C)ccn6)c5c4)c2)c2ccccc23)c1. The van der Waals surface area contributed by atoms with Crippen molar-refractivity contribution < 1.29 is 4.74 Å². The molecule has 0 bridgehead atoms. The zero-order chi connectivity index (χ0) is 48.5. The normalized spacial score (nSPS) is 17.9. The maximum atomic E-state index is 6.94. The maximum absolute atomic E-state index is 6.94. The minimum absolute atomic E-state index is 0.0133. The number of fused-ring (bicyclic) bond motifs is 7. The van der Waals surface area contributed by atoms with E-state index in [0.717, 1.165) is 39.4 Å². The van der Waals surface area contributed by atoms with Gasteiger partial charge in [-0.05, 0) is 103 Å². The van der Waals surface area contributed by atoms with Gasteiger partial charge in [0.1, 0.15) is 17.3 Å². The van der Waals surface area contributed by atoms with Crippen molar-refractivity contribution in [3.8, 4) is 39.6 Å². The summed E-state index contributed by atoms with van der Waals surface area (Å²) in [7, 11) is 0. The van der Waals surface area contributed by atoms with Gasteiger partial charge in [-0.2, -0.15) is 9.18 Å². The smallest absolute Gasteiger partial charge is 0.225 e. The lowest BCUT2D eigenvalue weighted by Crippen LogP contribution is -2.46. The minimum Gasteiger partial charge on any atom is -0.457 e. The predicted molar refractivity (Wildman–Crippen MR) is 291 cm³/mol. The third-order valence-corrected chi connectivity index (χ3v) is 14.7. The summed E-state index contributed by atoms with van der Waals surface area (Å²) in [6.45, 7) is 30.4. The van der Waals surface area contributed by atoms with Crippen molar-refractivity contribution in [1.29, 1.82) is 0 Å². The summed E-state index contributed by atoms with van der Waals surface area (Å²) in [5.41, 5.74) is 17.3. The van der Waals surface area contributed by atoms with E-state index in [1.54, 1.807) is 0 Å². The van der Waals surface area contributed by atoms with Gasteiger partial charge in [-0.15, -0.1) is 0 Å². The highest BCUT2D eigenvalue weighted by Crippen LogP contribution is 2.75. The highest BCUT2D eigenvalue weighted by atomic mass is 16.5. The quantitative estimate of drug-likeness (QED) is 0.0905. The molecule has 5 heteroatoms. The van der Waals surface area contributed by atoms with E-state index in [1.807, 2.05) is 6.20 Å². The van der Waals surface area contributed by atoms with Crippen molar-refractivity contribution in [3.63, 3.8) is 0 Å². The van der Waals surface area contributed by atoms with Crippen LogP contribution in [0.5, 0.6) is 11.5 Å². The molecular weight excluding hydrogens is 841 g/mol. The van der Waals surface area contributed by atoms with Crippen molar-refractivity contribution in [2.75, 3.05) is 0 Å². The molecule has 11 rings (SSSR count). The molecule has 1 fully saturated rings. The molecule has 7 aromatic carbocycles. The third kappa shape index (κ3) is 7.15. The van der Waals surface area contributed by atoms with E-state index < -0.39 is 0 Å². The summed E-state index contributed by atoms with van der Waals surface area (Å²) in [6, 6.07) is 60.1. The van der Waals surface area contributed by atoms with E-state index >= 15 is 0 Å². The van der Waals surface area contributed by atoms with E-state index in [-0.39, 0.29) is 21.7 Å². The zero-order valence-corrected chi connectivity index (χ0v) is 42.4. The molecule has 0 spiro atoms. The Kier molecular flexibility index (Phi) is 9.95. The molecule has 1 saturated heterocycles. The number of pyridine rings is 1. The van der Waals surface area contributed by atoms with Crippen molar-refractivity contribution >= 4 is 44.6 Å². The van der Waals surface area contributed by atoms with Crippen molar-refractivity contribution in [1.82, 2.24) is 18.7 Å². The molecule has 1 unspecified atom stereocenters. The van der Waals surface area contributed by atoms with Crippen LogP contribution in [0.4, 0.5) is 22.7 Å². The first-order valence-electron chi connectivity index (χ1n) is 24.6. The molecule has 0 N–H and O–H groups in total. The molecule has 2 aromatic heterocycles. The Morgan fingerprint density at radius 1 is 0.435 bits per heavy atom. The summed E-state index contributed by atoms with van der Waals surface area (Å²) in [5, 5.41) is 2.33. The summed E-state index contributed by atoms with van der Waals surface area (Å²) >= 11 is 0. The van der Waals surface area contributed by atoms with Crippen LogP contribution in [-0.4, -0.2) is 9.55 Å². The van der Waals surface area contributed by atoms with Crippen LogP contribution in [0.2, 0.25) is 0 Å². The van der Waals surface area contributed by atoms with E-state index in [1.165, 1.54) is 67.0 Å². The van der Waals surface area contributed by atoms with Crippen LogP contribution in [0.15, 0.2) is 170 Å². The van der Waals surface area contributed by atoms with Crippen LogP contribution < -0.4 is 13.9 Å². The Morgan fingerprint density at radius 3 is 1.70 bits per heavy atom. The number of aromatic nitrogens is 2. The molecule has 2 aliphatic heterocycles. The summed E-state index contributed by atoms with van der Waals surface area (Å²) in [6.07, 6.45) is 1.99. The number of hydrogen-bond donors (Lipinski definition) is 0. The molecular formula is C64H65N4O+. The molecule has 5 nitrogen and oxygen atoms in total. The van der Waals surface area contributed by atoms with Crippen molar-refractivity contribution in [2.45, 2.75) is 105 Å². The molecule has 4 heterocycles. The van der Waals surface area contributed by atoms with Gasteiger partial charge in [0.05, 0.1) is 11.0 Å². The van der Waals surface area contributed by atoms with Gasteiger partial charge >= 0.3 is 0 Å². The third-order valence-electron chi connectivity index (χ3n) is 14.7. The molecule has 2 aliphatic rings. The molecule has 69 heavy (non-hydrogen) atoms. The number of para-hydroxylation sites is 3. The second kappa shape index (κ2) is 15.4. The first-order chi connectivity index (χ1) is 32.7. The topological polar surface area (TPSA) is 27.1 Å². The van der Waals surface area contributed by atoms with Crippen LogP contribution in [0.1, 0.15) is 105 Å². The van der Waals surface area contributed by atoms with Gasteiger partial charge in [0.15, 0.2) is 18.0 Å². The predicted octanol–water partition coefficient (Wildman–Crippen LogP) is 17.8. The molecule has 0 amide bonds. The van der Waals surface area contributed by atoms with Gasteiger partial charge in [0.2, 0.25) is 11.4 Å². The number of hydrogen-bond acceptors (Lipinski definition) is 2. The Bertz CT molecular complexity index is 3460. The summed E-state index contributed by atoms with van der Waals surface area (Å²) in [5.74, 6) is 2.44. The number of quaternary nitrogens is 2. The lowest BCUT2D eigenvalue weighted by Gasteiger charge is -2.40. The van der Waals surface area contributed by atoms with E-state index in [4.69, 9.17) is 9.72 Å². The number of rotatable bonds is 7. The monoisotopic (exact) mass is 906 g/mol. The fourth-order valence-corrected chi connectivity index (χ4v) is 10.9. The van der Waals surface area contributed by atoms with Gasteiger partial charge in [-0.1, -0.05) is 168 Å². The highest BCUT2D eigenvalue weighted by Gasteiger charge is 2.78. The molecule has 346 valence electrons.